The molecular formula is C14H26O5. The van der Waals surface area contributed by atoms with Gasteiger partial charge >= 0.3 is 5.97 Å². The second-order valence-corrected chi connectivity index (χ2v) is 4.59. The predicted octanol–water partition coefficient (Wildman–Crippen LogP) is 1.91. The molecule has 0 rings (SSSR count). The van der Waals surface area contributed by atoms with Gasteiger partial charge in [-0.15, -0.1) is 0 Å². The van der Waals surface area contributed by atoms with Gasteiger partial charge in [-0.1, -0.05) is 27.4 Å². The Hall–Kier alpha value is -1.20. The molecule has 0 aromatic heterocycles. The fourth-order valence-electron chi connectivity index (χ4n) is 1.74. The second-order valence-electron chi connectivity index (χ2n) is 4.59. The Kier molecular flexibility index (Phi) is 8.55. The first-order valence-corrected chi connectivity index (χ1v) is 6.36. The molecule has 112 valence electrons. The number of carboxylic acids is 1. The summed E-state index contributed by atoms with van der Waals surface area (Å²) in [5.41, 5.74) is -2.70. The van der Waals surface area contributed by atoms with E-state index in [-0.39, 0.29) is 17.8 Å². The fourth-order valence-corrected chi connectivity index (χ4v) is 1.74. The molecular weight excluding hydrogens is 248 g/mol. The minimum absolute atomic E-state index is 0.176. The Bertz CT molecular complexity index is 319. The highest BCUT2D eigenvalue weighted by atomic mass is 16.4. The zero-order chi connectivity index (χ0) is 15.9. The van der Waals surface area contributed by atoms with Crippen LogP contribution in [0.2, 0.25) is 0 Å². The number of ketones is 1. The molecule has 0 aromatic rings. The molecule has 5 heteroatoms. The van der Waals surface area contributed by atoms with Gasteiger partial charge in [-0.25, -0.2) is 4.79 Å². The van der Waals surface area contributed by atoms with Crippen LogP contribution in [0.3, 0.4) is 0 Å². The Morgan fingerprint density at radius 2 is 1.32 bits per heavy atom. The lowest BCUT2D eigenvalue weighted by Gasteiger charge is -2.40. The molecule has 0 aliphatic rings. The number of hydrogen-bond acceptors (Lipinski definition) is 4. The Balaban J connectivity index is 0. The summed E-state index contributed by atoms with van der Waals surface area (Å²) in [6.45, 7) is 11.2. The first kappa shape index (κ1) is 20.1. The van der Waals surface area contributed by atoms with Crippen molar-refractivity contribution in [2.45, 2.75) is 65.1 Å². The van der Waals surface area contributed by atoms with Crippen molar-refractivity contribution < 1.29 is 24.9 Å². The molecule has 0 radical (unpaired) electrons. The normalized spacial score (nSPS) is 13.8. The van der Waals surface area contributed by atoms with E-state index < -0.39 is 17.2 Å². The molecule has 0 amide bonds. The van der Waals surface area contributed by atoms with Gasteiger partial charge in [0.25, 0.3) is 0 Å². The molecule has 5 nitrogen and oxygen atoms in total. The number of carbonyl (C=O) groups excluding carboxylic acids is 1. The third-order valence-corrected chi connectivity index (χ3v) is 3.40. The summed E-state index contributed by atoms with van der Waals surface area (Å²) in [5.74, 6) is -1.30. The molecule has 0 saturated carbocycles. The Morgan fingerprint density at radius 1 is 1.00 bits per heavy atom. The zero-order valence-electron chi connectivity index (χ0n) is 12.5. The number of Topliss-reactive ketones (excluding diaryl/α,β-unsaturated/α-hetero) is 1. The van der Waals surface area contributed by atoms with E-state index in [2.05, 4.69) is 6.58 Å². The summed E-state index contributed by atoms with van der Waals surface area (Å²) in [7, 11) is 0. The lowest BCUT2D eigenvalue weighted by atomic mass is 9.74. The highest BCUT2D eigenvalue weighted by Gasteiger charge is 2.48. The zero-order valence-corrected chi connectivity index (χ0v) is 12.5. The Morgan fingerprint density at radius 3 is 1.37 bits per heavy atom. The highest BCUT2D eigenvalue weighted by Crippen LogP contribution is 2.32. The molecule has 0 aliphatic heterocycles. The second kappa shape index (κ2) is 8.07. The molecule has 0 bridgehead atoms. The van der Waals surface area contributed by atoms with Gasteiger partial charge in [0, 0.05) is 5.57 Å². The van der Waals surface area contributed by atoms with E-state index in [0.717, 1.165) is 0 Å². The number of aliphatic hydroxyl groups is 2. The van der Waals surface area contributed by atoms with Gasteiger partial charge < -0.3 is 15.3 Å². The summed E-state index contributed by atoms with van der Waals surface area (Å²) in [6, 6.07) is 0. The lowest BCUT2D eigenvalue weighted by molar-refractivity contribution is -0.175. The van der Waals surface area contributed by atoms with E-state index in [1.54, 1.807) is 20.8 Å². The minimum Gasteiger partial charge on any atom is -0.478 e. The standard InChI is InChI=1S/C10H20O3.C4H6O2/c1-5-9(12,6-2)10(13,7-3)8(4)11;1-3(2)4(5)6/h12-13H,5-7H2,1-4H3;1H2,2H3,(H,5,6). The molecule has 0 aromatic carbocycles. The SMILES string of the molecule is C=C(C)C(=O)O.CCC(O)(CC)C(O)(CC)C(C)=O. The van der Waals surface area contributed by atoms with Crippen molar-refractivity contribution >= 4 is 11.8 Å². The van der Waals surface area contributed by atoms with Crippen molar-refractivity contribution in [2.24, 2.45) is 0 Å². The van der Waals surface area contributed by atoms with Crippen LogP contribution in [0.5, 0.6) is 0 Å². The number of hydrogen-bond donors (Lipinski definition) is 3. The molecule has 0 heterocycles. The van der Waals surface area contributed by atoms with Crippen LogP contribution in [-0.4, -0.2) is 38.3 Å². The van der Waals surface area contributed by atoms with Crippen LogP contribution in [0.1, 0.15) is 53.9 Å². The summed E-state index contributed by atoms with van der Waals surface area (Å²) in [4.78, 5) is 20.9. The van der Waals surface area contributed by atoms with Crippen molar-refractivity contribution in [3.63, 3.8) is 0 Å². The maximum atomic E-state index is 11.3. The van der Waals surface area contributed by atoms with Crippen molar-refractivity contribution in [2.75, 3.05) is 0 Å². The van der Waals surface area contributed by atoms with Crippen molar-refractivity contribution in [3.05, 3.63) is 12.2 Å². The smallest absolute Gasteiger partial charge is 0.330 e. The molecule has 0 saturated heterocycles. The van der Waals surface area contributed by atoms with Crippen molar-refractivity contribution in [1.82, 2.24) is 0 Å². The lowest BCUT2D eigenvalue weighted by Crippen LogP contribution is -2.57. The molecule has 0 aliphatic carbocycles. The number of carbonyl (C=O) groups is 2. The van der Waals surface area contributed by atoms with E-state index in [0.29, 0.717) is 12.8 Å². The molecule has 0 spiro atoms. The van der Waals surface area contributed by atoms with Crippen LogP contribution in [-0.2, 0) is 9.59 Å². The summed E-state index contributed by atoms with van der Waals surface area (Å²) in [6.07, 6.45) is 1.02. The number of carboxylic acid groups (broad SMARTS) is 1. The molecule has 1 atom stereocenters. The predicted molar refractivity (Wildman–Crippen MR) is 73.9 cm³/mol. The first-order chi connectivity index (χ1) is 8.52. The van der Waals surface area contributed by atoms with Gasteiger partial charge in [-0.3, -0.25) is 4.79 Å². The Labute approximate surface area is 115 Å². The van der Waals surface area contributed by atoms with Crippen LogP contribution in [0.15, 0.2) is 12.2 Å². The van der Waals surface area contributed by atoms with Gasteiger partial charge in [-0.2, -0.15) is 0 Å². The third-order valence-electron chi connectivity index (χ3n) is 3.40. The largest absolute Gasteiger partial charge is 0.478 e. The molecule has 0 fully saturated rings. The van der Waals surface area contributed by atoms with Gasteiger partial charge in [0.2, 0.25) is 0 Å². The van der Waals surface area contributed by atoms with Crippen LogP contribution in [0.25, 0.3) is 0 Å². The monoisotopic (exact) mass is 274 g/mol. The van der Waals surface area contributed by atoms with Crippen LogP contribution in [0.4, 0.5) is 0 Å². The van der Waals surface area contributed by atoms with Crippen LogP contribution in [0, 0.1) is 0 Å². The van der Waals surface area contributed by atoms with Gasteiger partial charge in [-0.05, 0) is 33.1 Å². The number of aliphatic carboxylic acids is 1. The van der Waals surface area contributed by atoms with E-state index >= 15 is 0 Å². The molecule has 19 heavy (non-hydrogen) atoms. The summed E-state index contributed by atoms with van der Waals surface area (Å²) < 4.78 is 0. The summed E-state index contributed by atoms with van der Waals surface area (Å²) >= 11 is 0. The van der Waals surface area contributed by atoms with E-state index in [9.17, 15) is 19.8 Å². The molecule has 1 unspecified atom stereocenters. The first-order valence-electron chi connectivity index (χ1n) is 6.36. The average molecular weight is 274 g/mol. The van der Waals surface area contributed by atoms with E-state index in [1.165, 1.54) is 13.8 Å². The average Bonchev–Trinajstić information content (AvgIpc) is 2.36. The third kappa shape index (κ3) is 5.12. The van der Waals surface area contributed by atoms with Crippen LogP contribution >= 0.6 is 0 Å². The van der Waals surface area contributed by atoms with Gasteiger partial charge in [0.15, 0.2) is 11.4 Å². The summed E-state index contributed by atoms with van der Waals surface area (Å²) in [5, 5.41) is 28.0. The van der Waals surface area contributed by atoms with Gasteiger partial charge in [0.05, 0.1) is 5.60 Å². The minimum atomic E-state index is -1.59. The topological polar surface area (TPSA) is 94.8 Å². The van der Waals surface area contributed by atoms with Crippen LogP contribution < -0.4 is 0 Å². The van der Waals surface area contributed by atoms with E-state index in [4.69, 9.17) is 5.11 Å². The maximum absolute atomic E-state index is 11.3. The van der Waals surface area contributed by atoms with Crippen molar-refractivity contribution in [1.29, 1.82) is 0 Å². The fraction of sp³-hybridized carbons (Fsp3) is 0.714. The van der Waals surface area contributed by atoms with Gasteiger partial charge in [0.1, 0.15) is 0 Å². The van der Waals surface area contributed by atoms with Crippen molar-refractivity contribution in [3.8, 4) is 0 Å². The number of rotatable bonds is 6. The highest BCUT2D eigenvalue weighted by molar-refractivity contribution is 5.86. The maximum Gasteiger partial charge on any atom is 0.330 e. The molecule has 3 N–H and O–H groups in total. The van der Waals surface area contributed by atoms with E-state index in [1.807, 2.05) is 0 Å². The quantitative estimate of drug-likeness (QED) is 0.643.